The Morgan fingerprint density at radius 1 is 1.25 bits per heavy atom. The molecule has 0 unspecified atom stereocenters. The van der Waals surface area contributed by atoms with E-state index in [0.717, 1.165) is 17.5 Å². The van der Waals surface area contributed by atoms with Crippen LogP contribution < -0.4 is 4.74 Å². The van der Waals surface area contributed by atoms with Crippen molar-refractivity contribution in [3.8, 4) is 5.75 Å². The van der Waals surface area contributed by atoms with E-state index in [1.807, 2.05) is 25.1 Å². The highest BCUT2D eigenvalue weighted by atomic mass is 19.1. The summed E-state index contributed by atoms with van der Waals surface area (Å²) < 4.78 is 23.8. The molecule has 5 heteroatoms. The van der Waals surface area contributed by atoms with Crippen LogP contribution in [0.2, 0.25) is 0 Å². The van der Waals surface area contributed by atoms with Crippen molar-refractivity contribution in [2.24, 2.45) is 4.99 Å². The van der Waals surface area contributed by atoms with Crippen LogP contribution in [-0.4, -0.2) is 19.0 Å². The van der Waals surface area contributed by atoms with Gasteiger partial charge in [-0.15, -0.1) is 0 Å². The second kappa shape index (κ2) is 6.66. The third kappa shape index (κ3) is 3.20. The molecule has 0 spiro atoms. The predicted molar refractivity (Wildman–Crippen MR) is 89.4 cm³/mol. The molecule has 0 amide bonds. The van der Waals surface area contributed by atoms with Gasteiger partial charge >= 0.3 is 5.97 Å². The number of carbonyl (C=O) groups excluding carboxylic acids is 1. The molecule has 2 aromatic carbocycles. The average Bonchev–Trinajstić information content (AvgIpc) is 2.95. The zero-order valence-electron chi connectivity index (χ0n) is 13.4. The maximum atomic E-state index is 13.3. The van der Waals surface area contributed by atoms with Gasteiger partial charge in [-0.05, 0) is 48.4 Å². The van der Waals surface area contributed by atoms with Gasteiger partial charge in [0.15, 0.2) is 5.70 Å². The molecule has 0 aliphatic carbocycles. The lowest BCUT2D eigenvalue weighted by Crippen LogP contribution is -2.05. The van der Waals surface area contributed by atoms with Crippen LogP contribution in [0, 0.1) is 5.82 Å². The van der Waals surface area contributed by atoms with Crippen molar-refractivity contribution in [1.82, 2.24) is 0 Å². The van der Waals surface area contributed by atoms with Crippen LogP contribution >= 0.6 is 0 Å². The number of aliphatic imine (C=N–C) groups is 1. The van der Waals surface area contributed by atoms with Gasteiger partial charge in [-0.3, -0.25) is 0 Å². The molecule has 4 nitrogen and oxygen atoms in total. The number of ether oxygens (including phenoxy) is 2. The van der Waals surface area contributed by atoms with E-state index in [4.69, 9.17) is 9.47 Å². The van der Waals surface area contributed by atoms with Crippen LogP contribution in [0.4, 0.5) is 4.39 Å². The van der Waals surface area contributed by atoms with E-state index >= 15 is 0 Å². The highest BCUT2D eigenvalue weighted by Crippen LogP contribution is 2.26. The molecule has 3 rings (SSSR count). The molecule has 1 heterocycles. The molecule has 122 valence electrons. The van der Waals surface area contributed by atoms with Crippen molar-refractivity contribution in [3.05, 3.63) is 70.7 Å². The summed E-state index contributed by atoms with van der Waals surface area (Å²) in [6, 6.07) is 11.5. The van der Waals surface area contributed by atoms with E-state index in [1.54, 1.807) is 19.3 Å². The Bertz CT molecular complexity index is 855. The molecule has 2 aromatic rings. The molecule has 0 bridgehead atoms. The fourth-order valence-electron chi connectivity index (χ4n) is 2.42. The molecule has 0 N–H and O–H groups in total. The van der Waals surface area contributed by atoms with E-state index in [9.17, 15) is 9.18 Å². The lowest BCUT2D eigenvalue weighted by molar-refractivity contribution is -0.129. The maximum Gasteiger partial charge on any atom is 0.363 e. The SMILES string of the molecule is CCc1ccc(OC)c(/C=C2/N=C(c3cccc(F)c3)OC2=O)c1. The Morgan fingerprint density at radius 2 is 2.08 bits per heavy atom. The van der Waals surface area contributed by atoms with Gasteiger partial charge in [0.05, 0.1) is 7.11 Å². The summed E-state index contributed by atoms with van der Waals surface area (Å²) in [7, 11) is 1.57. The molecular formula is C19H16FNO3. The second-order valence-corrected chi connectivity index (χ2v) is 5.28. The van der Waals surface area contributed by atoms with Gasteiger partial charge in [0, 0.05) is 11.1 Å². The monoisotopic (exact) mass is 325 g/mol. The normalized spacial score (nSPS) is 15.4. The highest BCUT2D eigenvalue weighted by Gasteiger charge is 2.24. The van der Waals surface area contributed by atoms with Gasteiger partial charge in [-0.2, -0.15) is 0 Å². The fraction of sp³-hybridized carbons (Fsp3) is 0.158. The van der Waals surface area contributed by atoms with Crippen LogP contribution in [0.25, 0.3) is 6.08 Å². The minimum absolute atomic E-state index is 0.0939. The number of benzene rings is 2. The Morgan fingerprint density at radius 3 is 2.79 bits per heavy atom. The molecule has 24 heavy (non-hydrogen) atoms. The highest BCUT2D eigenvalue weighted by molar-refractivity contribution is 6.12. The standard InChI is InChI=1S/C19H16FNO3/c1-3-12-7-8-17(23-2)14(9-12)11-16-19(22)24-18(21-16)13-5-4-6-15(20)10-13/h4-11H,3H2,1-2H3/b16-11+. The molecule has 0 atom stereocenters. The zero-order valence-corrected chi connectivity index (χ0v) is 13.4. The largest absolute Gasteiger partial charge is 0.496 e. The zero-order chi connectivity index (χ0) is 17.1. The minimum atomic E-state index is -0.571. The molecule has 0 radical (unpaired) electrons. The second-order valence-electron chi connectivity index (χ2n) is 5.28. The van der Waals surface area contributed by atoms with Gasteiger partial charge in [0.25, 0.3) is 0 Å². The molecule has 0 saturated heterocycles. The van der Waals surface area contributed by atoms with Gasteiger partial charge < -0.3 is 9.47 Å². The smallest absolute Gasteiger partial charge is 0.363 e. The number of cyclic esters (lactones) is 1. The Balaban J connectivity index is 2.00. The number of carbonyl (C=O) groups is 1. The number of rotatable bonds is 4. The van der Waals surface area contributed by atoms with E-state index < -0.39 is 11.8 Å². The number of hydrogen-bond donors (Lipinski definition) is 0. The quantitative estimate of drug-likeness (QED) is 0.635. The van der Waals surface area contributed by atoms with Crippen molar-refractivity contribution < 1.29 is 18.7 Å². The van der Waals surface area contributed by atoms with Crippen molar-refractivity contribution in [3.63, 3.8) is 0 Å². The summed E-state index contributed by atoms with van der Waals surface area (Å²) in [4.78, 5) is 16.3. The minimum Gasteiger partial charge on any atom is -0.496 e. The van der Waals surface area contributed by atoms with Gasteiger partial charge in [-0.1, -0.05) is 19.1 Å². The summed E-state index contributed by atoms with van der Waals surface area (Å²) in [5.74, 6) is -0.252. The summed E-state index contributed by atoms with van der Waals surface area (Å²) in [6.45, 7) is 2.04. The number of methoxy groups -OCH3 is 1. The Kier molecular flexibility index (Phi) is 4.42. The molecule has 0 fully saturated rings. The summed E-state index contributed by atoms with van der Waals surface area (Å²) >= 11 is 0. The fourth-order valence-corrected chi connectivity index (χ4v) is 2.42. The van der Waals surface area contributed by atoms with Gasteiger partial charge in [0.2, 0.25) is 5.90 Å². The first-order valence-corrected chi connectivity index (χ1v) is 7.56. The van der Waals surface area contributed by atoms with E-state index in [1.165, 1.54) is 18.2 Å². The number of halogens is 1. The number of aryl methyl sites for hydroxylation is 1. The lowest BCUT2D eigenvalue weighted by Gasteiger charge is -2.06. The van der Waals surface area contributed by atoms with Crippen molar-refractivity contribution in [2.45, 2.75) is 13.3 Å². The van der Waals surface area contributed by atoms with Gasteiger partial charge in [0.1, 0.15) is 11.6 Å². The lowest BCUT2D eigenvalue weighted by atomic mass is 10.1. The van der Waals surface area contributed by atoms with Crippen molar-refractivity contribution in [2.75, 3.05) is 7.11 Å². The van der Waals surface area contributed by atoms with Crippen LogP contribution in [0.1, 0.15) is 23.6 Å². The van der Waals surface area contributed by atoms with Crippen molar-refractivity contribution >= 4 is 17.9 Å². The van der Waals surface area contributed by atoms with E-state index in [2.05, 4.69) is 4.99 Å². The predicted octanol–water partition coefficient (Wildman–Crippen LogP) is 3.74. The maximum absolute atomic E-state index is 13.3. The van der Waals surface area contributed by atoms with Crippen LogP contribution in [0.3, 0.4) is 0 Å². The molecular weight excluding hydrogens is 309 g/mol. The Hall–Kier alpha value is -2.95. The molecule has 0 saturated carbocycles. The van der Waals surface area contributed by atoms with Crippen molar-refractivity contribution in [1.29, 1.82) is 0 Å². The van der Waals surface area contributed by atoms with E-state index in [0.29, 0.717) is 11.3 Å². The first-order chi connectivity index (χ1) is 11.6. The number of hydrogen-bond acceptors (Lipinski definition) is 4. The Labute approximate surface area is 139 Å². The summed E-state index contributed by atoms with van der Waals surface area (Å²) in [5.41, 5.74) is 2.43. The first-order valence-electron chi connectivity index (χ1n) is 7.56. The van der Waals surface area contributed by atoms with Crippen LogP contribution in [-0.2, 0) is 16.0 Å². The van der Waals surface area contributed by atoms with Crippen LogP contribution in [0.5, 0.6) is 5.75 Å². The molecule has 0 aromatic heterocycles. The van der Waals surface area contributed by atoms with Gasteiger partial charge in [-0.25, -0.2) is 14.2 Å². The van der Waals surface area contributed by atoms with E-state index in [-0.39, 0.29) is 11.6 Å². The molecule has 1 aliphatic heterocycles. The number of nitrogens with zero attached hydrogens (tertiary/aromatic N) is 1. The average molecular weight is 325 g/mol. The summed E-state index contributed by atoms with van der Waals surface area (Å²) in [5, 5.41) is 0. The first kappa shape index (κ1) is 15.9. The topological polar surface area (TPSA) is 47.9 Å². The molecule has 1 aliphatic rings. The number of esters is 1. The third-order valence-corrected chi connectivity index (χ3v) is 3.69. The van der Waals surface area contributed by atoms with Crippen LogP contribution in [0.15, 0.2) is 53.2 Å². The third-order valence-electron chi connectivity index (χ3n) is 3.69. The summed E-state index contributed by atoms with van der Waals surface area (Å²) in [6.07, 6.45) is 2.48.